The summed E-state index contributed by atoms with van der Waals surface area (Å²) in [4.78, 5) is 10.0. The Morgan fingerprint density at radius 1 is 1.25 bits per heavy atom. The van der Waals surface area contributed by atoms with Crippen molar-refractivity contribution in [2.45, 2.75) is 33.2 Å². The maximum atomic E-state index is 8.04. The van der Waals surface area contributed by atoms with Crippen molar-refractivity contribution in [3.63, 3.8) is 0 Å². The maximum absolute atomic E-state index is 8.04. The fourth-order valence-electron chi connectivity index (χ4n) is 3.91. The number of fused-ring (bicyclic) bond motifs is 1. The van der Waals surface area contributed by atoms with Crippen LogP contribution in [0.5, 0.6) is 5.75 Å². The number of hydrogen-bond donors (Lipinski definition) is 1. The second kappa shape index (κ2) is 8.23. The third kappa shape index (κ3) is 3.91. The number of aromatic nitrogens is 6. The molecular weight excluding hydrogens is 404 g/mol. The van der Waals surface area contributed by atoms with E-state index in [2.05, 4.69) is 25.5 Å². The molecule has 166 valence electrons. The number of anilines is 2. The van der Waals surface area contributed by atoms with Gasteiger partial charge in [-0.05, 0) is 38.9 Å². The molecule has 0 bridgehead atoms. The Morgan fingerprint density at radius 2 is 2.16 bits per heavy atom. The molecule has 0 amide bonds. The molecule has 1 atom stereocenters. The predicted octanol–water partition coefficient (Wildman–Crippen LogP) is 3.36. The molecule has 0 radical (unpaired) electrons. The quantitative estimate of drug-likeness (QED) is 0.474. The fraction of sp³-hybridized carbons (Fsp3) is 0.391. The normalized spacial score (nSPS) is 19.5. The summed E-state index contributed by atoms with van der Waals surface area (Å²) in [5, 5.41) is 12.1. The van der Waals surface area contributed by atoms with E-state index in [9.17, 15) is 0 Å². The van der Waals surface area contributed by atoms with Crippen molar-refractivity contribution in [1.82, 2.24) is 34.3 Å². The molecule has 4 aromatic heterocycles. The number of likely N-dealkylation sites (tertiary alicyclic amines) is 1. The first-order valence-corrected chi connectivity index (χ1v) is 10.4. The van der Waals surface area contributed by atoms with Crippen molar-refractivity contribution in [3.8, 4) is 17.0 Å². The van der Waals surface area contributed by atoms with Crippen LogP contribution in [0.15, 0.2) is 36.7 Å². The summed E-state index contributed by atoms with van der Waals surface area (Å²) in [6.07, 6.45) is 4.12. The molecule has 1 saturated heterocycles. The lowest BCUT2D eigenvalue weighted by atomic mass is 10.0. The van der Waals surface area contributed by atoms with E-state index in [0.717, 1.165) is 22.5 Å². The lowest BCUT2D eigenvalue weighted by Gasteiger charge is -2.39. The highest BCUT2D eigenvalue weighted by Crippen LogP contribution is 2.31. The summed E-state index contributed by atoms with van der Waals surface area (Å²) in [5.41, 5.74) is 3.34. The second-order valence-corrected chi connectivity index (χ2v) is 7.92. The predicted molar refractivity (Wildman–Crippen MR) is 123 cm³/mol. The molecule has 1 aliphatic rings. The number of aryl methyl sites for hydroxylation is 3. The number of likely N-dealkylation sites (N-methyl/N-ethyl adjacent to an activating group) is 1. The van der Waals surface area contributed by atoms with Crippen molar-refractivity contribution in [2.24, 2.45) is 7.05 Å². The van der Waals surface area contributed by atoms with Gasteiger partial charge in [0.05, 0.1) is 11.7 Å². The molecule has 4 aromatic rings. The van der Waals surface area contributed by atoms with E-state index in [-0.39, 0.29) is 12.6 Å². The second-order valence-electron chi connectivity index (χ2n) is 7.92. The van der Waals surface area contributed by atoms with Crippen LogP contribution in [-0.2, 0) is 7.05 Å². The first-order valence-electron chi connectivity index (χ1n) is 12.9. The summed E-state index contributed by atoms with van der Waals surface area (Å²) in [7, 11) is 1.82. The third-order valence-corrected chi connectivity index (χ3v) is 5.58. The topological polar surface area (TPSA) is 85.4 Å². The van der Waals surface area contributed by atoms with Crippen LogP contribution in [0.1, 0.15) is 31.6 Å². The molecule has 0 saturated carbocycles. The molecule has 0 aromatic carbocycles. The Kier molecular flexibility index (Phi) is 3.95. The summed E-state index contributed by atoms with van der Waals surface area (Å²) in [5.74, 6) is 2.53. The highest BCUT2D eigenvalue weighted by atomic mass is 16.5. The molecule has 0 spiro atoms. The molecule has 32 heavy (non-hydrogen) atoms. The largest absolute Gasteiger partial charge is 0.488 e. The van der Waals surface area contributed by atoms with Crippen LogP contribution in [0.4, 0.5) is 11.6 Å². The lowest BCUT2D eigenvalue weighted by Crippen LogP contribution is -2.50. The smallest absolute Gasteiger partial charge is 0.165 e. The van der Waals surface area contributed by atoms with Gasteiger partial charge < -0.3 is 10.1 Å². The monoisotopic (exact) mass is 437 g/mol. The molecule has 0 aliphatic carbocycles. The first-order chi connectivity index (χ1) is 17.4. The zero-order valence-electron chi connectivity index (χ0n) is 23.2. The molecule has 1 fully saturated rings. The molecule has 0 unspecified atom stereocenters. The first kappa shape index (κ1) is 15.4. The van der Waals surface area contributed by atoms with E-state index >= 15 is 0 Å². The minimum atomic E-state index is -2.73. The van der Waals surface area contributed by atoms with Crippen LogP contribution in [0.2, 0.25) is 0 Å². The van der Waals surface area contributed by atoms with E-state index < -0.39 is 13.3 Å². The number of nitrogens with one attached hydrogen (secondary N) is 1. The van der Waals surface area contributed by atoms with Gasteiger partial charge >= 0.3 is 0 Å². The van der Waals surface area contributed by atoms with Crippen LogP contribution in [0, 0.1) is 13.8 Å². The van der Waals surface area contributed by atoms with Gasteiger partial charge in [-0.2, -0.15) is 10.2 Å². The number of rotatable bonds is 7. The Bertz CT molecular complexity index is 1430. The van der Waals surface area contributed by atoms with Gasteiger partial charge in [-0.15, -0.1) is 0 Å². The number of ether oxygens (including phenoxy) is 1. The van der Waals surface area contributed by atoms with Crippen molar-refractivity contribution in [3.05, 3.63) is 48.2 Å². The summed E-state index contributed by atoms with van der Waals surface area (Å²) in [6, 6.07) is 7.32. The van der Waals surface area contributed by atoms with Crippen LogP contribution in [0.3, 0.4) is 0 Å². The zero-order valence-corrected chi connectivity index (χ0v) is 18.2. The average Bonchev–Trinajstić information content (AvgIpc) is 3.33. The van der Waals surface area contributed by atoms with Gasteiger partial charge in [0.2, 0.25) is 0 Å². The van der Waals surface area contributed by atoms with Gasteiger partial charge in [0, 0.05) is 56.1 Å². The van der Waals surface area contributed by atoms with Gasteiger partial charge in [0.15, 0.2) is 11.6 Å². The zero-order chi connectivity index (χ0) is 26.5. The number of pyridine rings is 1. The van der Waals surface area contributed by atoms with Crippen LogP contribution < -0.4 is 10.1 Å². The third-order valence-electron chi connectivity index (χ3n) is 5.58. The van der Waals surface area contributed by atoms with Crippen molar-refractivity contribution >= 4 is 17.2 Å². The lowest BCUT2D eigenvalue weighted by molar-refractivity contribution is 0.0563. The van der Waals surface area contributed by atoms with Gasteiger partial charge in [-0.1, -0.05) is 6.85 Å². The Hall–Kier alpha value is -3.46. The molecular formula is C23H28N8O. The van der Waals surface area contributed by atoms with E-state index in [1.165, 1.54) is 4.90 Å². The van der Waals surface area contributed by atoms with E-state index in [1.807, 2.05) is 51.4 Å². The molecule has 5 rings (SSSR count). The minimum Gasteiger partial charge on any atom is -0.488 e. The molecule has 9 heteroatoms. The molecule has 5 heterocycles. The van der Waals surface area contributed by atoms with Gasteiger partial charge in [-0.3, -0.25) is 9.58 Å². The van der Waals surface area contributed by atoms with Gasteiger partial charge in [0.1, 0.15) is 23.9 Å². The van der Waals surface area contributed by atoms with Crippen molar-refractivity contribution < 1.29 is 11.6 Å². The molecule has 1 aliphatic heterocycles. The Morgan fingerprint density at radius 3 is 2.94 bits per heavy atom. The van der Waals surface area contributed by atoms with Crippen molar-refractivity contribution in [2.75, 3.05) is 25.0 Å². The van der Waals surface area contributed by atoms with Crippen molar-refractivity contribution in [1.29, 1.82) is 0 Å². The molecule has 1 N–H and O–H groups in total. The van der Waals surface area contributed by atoms with Crippen LogP contribution in [-0.4, -0.2) is 60.0 Å². The average molecular weight is 438 g/mol. The molecule has 9 nitrogen and oxygen atoms in total. The minimum absolute atomic E-state index is 0.162. The highest BCUT2D eigenvalue weighted by Gasteiger charge is 2.27. The van der Waals surface area contributed by atoms with Gasteiger partial charge in [-0.25, -0.2) is 14.5 Å². The number of hydrogen-bond acceptors (Lipinski definition) is 7. The number of nitrogens with zero attached hydrogens (tertiary/aromatic N) is 7. The Labute approximate surface area is 194 Å². The van der Waals surface area contributed by atoms with E-state index in [4.69, 9.17) is 11.6 Å². The van der Waals surface area contributed by atoms with Crippen LogP contribution in [0.25, 0.3) is 16.8 Å². The maximum Gasteiger partial charge on any atom is 0.165 e. The fourth-order valence-corrected chi connectivity index (χ4v) is 3.91. The van der Waals surface area contributed by atoms with Gasteiger partial charge in [0.25, 0.3) is 0 Å². The summed E-state index contributed by atoms with van der Waals surface area (Å²) < 4.78 is 48.2. The van der Waals surface area contributed by atoms with E-state index in [0.29, 0.717) is 36.2 Å². The van der Waals surface area contributed by atoms with E-state index in [1.54, 1.807) is 15.4 Å². The standard InChI is InChI=1S/C23H28N8O/c1-5-30-8-7-18(30)14-32-20-13-24-29(4)23(20)17-6-9-31-19(11-17)12-22(28-31)27-21-10-15(2)25-16(3)26-21/h6,9-13,18H,5,7-8,14H2,1-4H3,(H,25,26,27,28)/t18-/m1/s1/i1D3,5D2. The highest BCUT2D eigenvalue weighted by molar-refractivity contribution is 5.72. The Balaban J connectivity index is 1.34. The van der Waals surface area contributed by atoms with Crippen LogP contribution >= 0.6 is 0 Å². The SMILES string of the molecule is [2H]C([2H])([2H])C([2H])([2H])N1CC[C@@H]1COc1cnn(C)c1-c1ccn2nc(Nc3cc(C)nc(C)n3)cc2c1. The summed E-state index contributed by atoms with van der Waals surface area (Å²) >= 11 is 0. The summed E-state index contributed by atoms with van der Waals surface area (Å²) in [6.45, 7) is -0.844.